The lowest BCUT2D eigenvalue weighted by atomic mass is 9.92. The quantitative estimate of drug-likeness (QED) is 0.756. The Morgan fingerprint density at radius 3 is 2.62 bits per heavy atom. The second kappa shape index (κ2) is 9.05. The molecule has 0 aromatic heterocycles. The smallest absolute Gasteiger partial charge is 0.323 e. The van der Waals surface area contributed by atoms with E-state index in [1.807, 2.05) is 24.3 Å². The van der Waals surface area contributed by atoms with Crippen LogP contribution < -0.4 is 10.1 Å². The second-order valence-corrected chi connectivity index (χ2v) is 7.08. The summed E-state index contributed by atoms with van der Waals surface area (Å²) >= 11 is 0. The summed E-state index contributed by atoms with van der Waals surface area (Å²) in [5.74, 6) is -0.962. The van der Waals surface area contributed by atoms with E-state index < -0.39 is 29.8 Å². The highest BCUT2D eigenvalue weighted by Gasteiger charge is 2.47. The first-order chi connectivity index (χ1) is 14.0. The van der Waals surface area contributed by atoms with Gasteiger partial charge in [-0.25, -0.2) is 4.39 Å². The summed E-state index contributed by atoms with van der Waals surface area (Å²) in [5, 5.41) is 2.91. The van der Waals surface area contributed by atoms with Crippen LogP contribution in [0.4, 0.5) is 4.39 Å². The van der Waals surface area contributed by atoms with Gasteiger partial charge in [0.05, 0.1) is 20.1 Å². The van der Waals surface area contributed by atoms with Gasteiger partial charge in [-0.05, 0) is 37.2 Å². The first kappa shape index (κ1) is 20.8. The number of carbonyl (C=O) groups excluding carboxylic acids is 2. The number of likely N-dealkylation sites (tertiary alicyclic amines) is 1. The first-order valence-corrected chi connectivity index (χ1v) is 9.41. The number of benzene rings is 2. The Hall–Kier alpha value is -2.93. The van der Waals surface area contributed by atoms with Crippen molar-refractivity contribution in [2.45, 2.75) is 25.0 Å². The summed E-state index contributed by atoms with van der Waals surface area (Å²) in [6, 6.07) is 12.6. The van der Waals surface area contributed by atoms with E-state index in [0.717, 1.165) is 5.56 Å². The number of ether oxygens (including phenoxy) is 2. The zero-order chi connectivity index (χ0) is 21.0. The number of amides is 1. The van der Waals surface area contributed by atoms with Crippen LogP contribution in [-0.2, 0) is 20.9 Å². The van der Waals surface area contributed by atoms with Crippen LogP contribution in [0.2, 0.25) is 0 Å². The van der Waals surface area contributed by atoms with Crippen molar-refractivity contribution in [3.8, 4) is 5.75 Å². The maximum Gasteiger partial charge on any atom is 0.323 e. The zero-order valence-corrected chi connectivity index (χ0v) is 16.7. The average Bonchev–Trinajstić information content (AvgIpc) is 3.09. The lowest BCUT2D eigenvalue weighted by molar-refractivity contribution is -0.145. The van der Waals surface area contributed by atoms with Crippen LogP contribution in [-0.4, -0.2) is 44.1 Å². The van der Waals surface area contributed by atoms with Gasteiger partial charge in [-0.15, -0.1) is 0 Å². The number of esters is 1. The summed E-state index contributed by atoms with van der Waals surface area (Å²) in [5.41, 5.74) is 1.28. The van der Waals surface area contributed by atoms with Gasteiger partial charge in [0.25, 0.3) is 0 Å². The molecule has 1 aliphatic heterocycles. The molecule has 6 nitrogen and oxygen atoms in total. The molecule has 1 N–H and O–H groups in total. The molecule has 2 aromatic rings. The van der Waals surface area contributed by atoms with E-state index >= 15 is 0 Å². The van der Waals surface area contributed by atoms with Crippen LogP contribution in [0.1, 0.15) is 23.6 Å². The predicted molar refractivity (Wildman–Crippen MR) is 106 cm³/mol. The van der Waals surface area contributed by atoms with E-state index in [1.165, 1.54) is 13.2 Å². The molecular weight excluding hydrogens is 375 g/mol. The molecule has 0 spiro atoms. The fourth-order valence-corrected chi connectivity index (χ4v) is 3.92. The Labute approximate surface area is 169 Å². The SMILES string of the molecule is COC(=O)[C@H]1C[C@@H](C(=O)NCc2cccc(OC)c2)[C@@H](c2ccccc2F)N1C. The summed E-state index contributed by atoms with van der Waals surface area (Å²) in [4.78, 5) is 26.9. The molecule has 1 aliphatic rings. The van der Waals surface area contributed by atoms with Gasteiger partial charge in [0.1, 0.15) is 17.6 Å². The maximum absolute atomic E-state index is 14.5. The van der Waals surface area contributed by atoms with Crippen molar-refractivity contribution >= 4 is 11.9 Å². The van der Waals surface area contributed by atoms with E-state index in [0.29, 0.717) is 17.9 Å². The number of likely N-dealkylation sites (N-methyl/N-ethyl adjacent to an activating group) is 1. The molecule has 3 rings (SSSR count). The van der Waals surface area contributed by atoms with Crippen LogP contribution in [0.5, 0.6) is 5.75 Å². The maximum atomic E-state index is 14.5. The normalized spacial score (nSPS) is 21.6. The van der Waals surface area contributed by atoms with Crippen LogP contribution in [0.15, 0.2) is 48.5 Å². The second-order valence-electron chi connectivity index (χ2n) is 7.08. The molecule has 0 unspecified atom stereocenters. The highest BCUT2D eigenvalue weighted by Crippen LogP contribution is 2.41. The third-order valence-electron chi connectivity index (χ3n) is 5.42. The Morgan fingerprint density at radius 2 is 1.93 bits per heavy atom. The highest BCUT2D eigenvalue weighted by molar-refractivity contribution is 5.83. The molecule has 0 saturated carbocycles. The standard InChI is InChI=1S/C22H25FN2O4/c1-25-19(22(27)29-3)12-17(20(25)16-9-4-5-10-18(16)23)21(26)24-13-14-7-6-8-15(11-14)28-2/h4-11,17,19-20H,12-13H2,1-3H3,(H,24,26)/t17-,19-,20-/m1/s1. The van der Waals surface area contributed by atoms with Crippen molar-refractivity contribution in [3.05, 3.63) is 65.5 Å². The number of hydrogen-bond donors (Lipinski definition) is 1. The molecule has 1 amide bonds. The monoisotopic (exact) mass is 400 g/mol. The minimum Gasteiger partial charge on any atom is -0.497 e. The van der Waals surface area contributed by atoms with Gasteiger partial charge in [-0.1, -0.05) is 30.3 Å². The lowest BCUT2D eigenvalue weighted by Crippen LogP contribution is -2.36. The van der Waals surface area contributed by atoms with Crippen molar-refractivity contribution in [2.24, 2.45) is 5.92 Å². The van der Waals surface area contributed by atoms with E-state index in [4.69, 9.17) is 9.47 Å². The number of halogens is 1. The lowest BCUT2D eigenvalue weighted by Gasteiger charge is -2.27. The summed E-state index contributed by atoms with van der Waals surface area (Å²) in [7, 11) is 4.61. The minimum absolute atomic E-state index is 0.237. The van der Waals surface area contributed by atoms with Crippen molar-refractivity contribution in [1.82, 2.24) is 10.2 Å². The molecule has 3 atom stereocenters. The zero-order valence-electron chi connectivity index (χ0n) is 16.7. The van der Waals surface area contributed by atoms with Crippen LogP contribution in [0.3, 0.4) is 0 Å². The highest BCUT2D eigenvalue weighted by atomic mass is 19.1. The molecule has 1 fully saturated rings. The molecule has 1 heterocycles. The largest absolute Gasteiger partial charge is 0.497 e. The Morgan fingerprint density at radius 1 is 1.17 bits per heavy atom. The Balaban J connectivity index is 1.82. The number of nitrogens with zero attached hydrogens (tertiary/aromatic N) is 1. The number of rotatable bonds is 6. The van der Waals surface area contributed by atoms with Gasteiger partial charge < -0.3 is 14.8 Å². The van der Waals surface area contributed by atoms with Crippen molar-refractivity contribution in [2.75, 3.05) is 21.3 Å². The first-order valence-electron chi connectivity index (χ1n) is 9.41. The van der Waals surface area contributed by atoms with Crippen LogP contribution in [0.25, 0.3) is 0 Å². The third-order valence-corrected chi connectivity index (χ3v) is 5.42. The van der Waals surface area contributed by atoms with E-state index in [1.54, 1.807) is 37.3 Å². The van der Waals surface area contributed by atoms with E-state index in [-0.39, 0.29) is 12.3 Å². The van der Waals surface area contributed by atoms with Gasteiger partial charge in [0.2, 0.25) is 5.91 Å². The molecule has 0 bridgehead atoms. The fraction of sp³-hybridized carbons (Fsp3) is 0.364. The molecule has 0 radical (unpaired) electrons. The van der Waals surface area contributed by atoms with Crippen molar-refractivity contribution in [1.29, 1.82) is 0 Å². The van der Waals surface area contributed by atoms with Gasteiger partial charge in [-0.2, -0.15) is 0 Å². The van der Waals surface area contributed by atoms with Gasteiger partial charge in [0.15, 0.2) is 0 Å². The van der Waals surface area contributed by atoms with E-state index in [2.05, 4.69) is 5.32 Å². The minimum atomic E-state index is -0.614. The van der Waals surface area contributed by atoms with Gasteiger partial charge in [0, 0.05) is 18.2 Å². The average molecular weight is 400 g/mol. The molecular formula is C22H25FN2O4. The molecule has 1 saturated heterocycles. The Bertz CT molecular complexity index is 889. The summed E-state index contributed by atoms with van der Waals surface area (Å²) in [6.07, 6.45) is 0.256. The number of nitrogens with one attached hydrogen (secondary N) is 1. The predicted octanol–water partition coefficient (Wildman–Crippen LogP) is 2.69. The van der Waals surface area contributed by atoms with Crippen LogP contribution >= 0.6 is 0 Å². The molecule has 29 heavy (non-hydrogen) atoms. The van der Waals surface area contributed by atoms with Gasteiger partial charge >= 0.3 is 5.97 Å². The number of carbonyl (C=O) groups is 2. The summed E-state index contributed by atoms with van der Waals surface area (Å²) in [6.45, 7) is 0.309. The van der Waals surface area contributed by atoms with E-state index in [9.17, 15) is 14.0 Å². The van der Waals surface area contributed by atoms with Crippen molar-refractivity contribution < 1.29 is 23.5 Å². The number of methoxy groups -OCH3 is 2. The Kier molecular flexibility index (Phi) is 6.49. The molecule has 7 heteroatoms. The molecule has 0 aliphatic carbocycles. The topological polar surface area (TPSA) is 67.9 Å². The van der Waals surface area contributed by atoms with Crippen LogP contribution in [0, 0.1) is 11.7 Å². The molecule has 2 aromatic carbocycles. The van der Waals surface area contributed by atoms with Crippen molar-refractivity contribution in [3.63, 3.8) is 0 Å². The van der Waals surface area contributed by atoms with Gasteiger partial charge in [-0.3, -0.25) is 14.5 Å². The third kappa shape index (κ3) is 4.40. The molecule has 154 valence electrons. The fourth-order valence-electron chi connectivity index (χ4n) is 3.92. The number of hydrogen-bond acceptors (Lipinski definition) is 5. The summed E-state index contributed by atoms with van der Waals surface area (Å²) < 4.78 is 24.6.